The Balaban J connectivity index is 1.78. The molecule has 0 fully saturated rings. The minimum absolute atomic E-state index is 0.176. The van der Waals surface area contributed by atoms with Crippen LogP contribution in [0.2, 0.25) is 0 Å². The Morgan fingerprint density at radius 3 is 1.79 bits per heavy atom. The first-order valence-corrected chi connectivity index (χ1v) is 10.3. The summed E-state index contributed by atoms with van der Waals surface area (Å²) in [7, 11) is 0. The Kier molecular flexibility index (Phi) is 6.04. The first-order valence-electron chi connectivity index (χ1n) is 10.3. The number of benzene rings is 2. The van der Waals surface area contributed by atoms with Gasteiger partial charge in [-0.1, -0.05) is 42.5 Å². The summed E-state index contributed by atoms with van der Waals surface area (Å²) >= 11 is 0. The van der Waals surface area contributed by atoms with Crippen LogP contribution in [-0.2, 0) is 6.61 Å². The molecule has 4 aromatic rings. The van der Waals surface area contributed by atoms with Gasteiger partial charge in [-0.15, -0.1) is 0 Å². The molecule has 168 valence electrons. The SMILES string of the molecule is Cc1cc(O)c(C(c2ccc(OCc3ccccc3)cc2)c2c(O)cc(C)oc2=O)c(=O)o1. The fourth-order valence-electron chi connectivity index (χ4n) is 3.72. The first kappa shape index (κ1) is 22.0. The van der Waals surface area contributed by atoms with Crippen molar-refractivity contribution in [2.75, 3.05) is 0 Å². The van der Waals surface area contributed by atoms with Crippen molar-refractivity contribution in [2.45, 2.75) is 26.4 Å². The van der Waals surface area contributed by atoms with Crippen LogP contribution in [0.1, 0.15) is 39.7 Å². The van der Waals surface area contributed by atoms with E-state index in [1.54, 1.807) is 24.3 Å². The van der Waals surface area contributed by atoms with E-state index < -0.39 is 17.2 Å². The maximum Gasteiger partial charge on any atom is 0.343 e. The van der Waals surface area contributed by atoms with E-state index in [-0.39, 0.29) is 34.1 Å². The molecule has 0 aliphatic heterocycles. The zero-order valence-corrected chi connectivity index (χ0v) is 18.1. The number of aromatic hydroxyl groups is 2. The van der Waals surface area contributed by atoms with E-state index in [2.05, 4.69) is 0 Å². The standard InChI is InChI=1S/C26H22O7/c1-15-12-20(27)23(25(29)32-15)22(24-21(28)13-16(2)33-26(24)30)18-8-10-19(11-9-18)31-14-17-6-4-3-5-7-17/h3-13,22,27-28H,14H2,1-2H3. The van der Waals surface area contributed by atoms with Crippen molar-refractivity contribution < 1.29 is 23.8 Å². The van der Waals surface area contributed by atoms with Gasteiger partial charge in [0, 0.05) is 12.1 Å². The maximum atomic E-state index is 12.7. The third-order valence-corrected chi connectivity index (χ3v) is 5.22. The van der Waals surface area contributed by atoms with E-state index in [0.717, 1.165) is 5.56 Å². The molecular formula is C26H22O7. The Hall–Kier alpha value is -4.26. The average Bonchev–Trinajstić information content (AvgIpc) is 2.76. The van der Waals surface area contributed by atoms with E-state index in [0.29, 0.717) is 17.9 Å². The van der Waals surface area contributed by atoms with Crippen molar-refractivity contribution in [3.05, 3.63) is 121 Å². The van der Waals surface area contributed by atoms with E-state index in [1.807, 2.05) is 30.3 Å². The van der Waals surface area contributed by atoms with Gasteiger partial charge in [0.15, 0.2) is 0 Å². The van der Waals surface area contributed by atoms with Crippen LogP contribution in [0.4, 0.5) is 0 Å². The summed E-state index contributed by atoms with van der Waals surface area (Å²) in [6.45, 7) is 3.42. The summed E-state index contributed by atoms with van der Waals surface area (Å²) in [4.78, 5) is 25.4. The van der Waals surface area contributed by atoms with Gasteiger partial charge < -0.3 is 23.8 Å². The van der Waals surface area contributed by atoms with E-state index in [1.165, 1.54) is 26.0 Å². The highest BCUT2D eigenvalue weighted by atomic mass is 16.5. The minimum Gasteiger partial charge on any atom is -0.507 e. The van der Waals surface area contributed by atoms with Gasteiger partial charge in [0.1, 0.15) is 35.4 Å². The van der Waals surface area contributed by atoms with Crippen LogP contribution in [0, 0.1) is 13.8 Å². The van der Waals surface area contributed by atoms with Crippen molar-refractivity contribution in [1.29, 1.82) is 0 Å². The summed E-state index contributed by atoms with van der Waals surface area (Å²) in [5, 5.41) is 21.1. The Bertz CT molecular complexity index is 1320. The second-order valence-corrected chi connectivity index (χ2v) is 7.66. The first-order chi connectivity index (χ1) is 15.8. The van der Waals surface area contributed by atoms with Crippen LogP contribution >= 0.6 is 0 Å². The van der Waals surface area contributed by atoms with Crippen LogP contribution in [-0.4, -0.2) is 10.2 Å². The molecule has 0 unspecified atom stereocenters. The molecule has 2 aromatic heterocycles. The monoisotopic (exact) mass is 446 g/mol. The van der Waals surface area contributed by atoms with Gasteiger partial charge in [0.05, 0.1) is 17.0 Å². The third kappa shape index (κ3) is 4.67. The summed E-state index contributed by atoms with van der Waals surface area (Å²) in [6.07, 6.45) is 0. The Labute approximate surface area is 189 Å². The van der Waals surface area contributed by atoms with Crippen LogP contribution in [0.15, 0.2) is 85.2 Å². The predicted molar refractivity (Wildman–Crippen MR) is 121 cm³/mol. The van der Waals surface area contributed by atoms with E-state index in [4.69, 9.17) is 13.6 Å². The number of ether oxygens (including phenoxy) is 1. The topological polar surface area (TPSA) is 110 Å². The van der Waals surface area contributed by atoms with Gasteiger partial charge in [-0.2, -0.15) is 0 Å². The lowest BCUT2D eigenvalue weighted by Crippen LogP contribution is -2.21. The molecule has 0 bridgehead atoms. The highest BCUT2D eigenvalue weighted by Gasteiger charge is 2.30. The summed E-state index contributed by atoms with van der Waals surface area (Å²) in [6, 6.07) is 18.9. The molecule has 2 heterocycles. The quantitative estimate of drug-likeness (QED) is 0.452. The van der Waals surface area contributed by atoms with Gasteiger partial charge in [-0.25, -0.2) is 9.59 Å². The fraction of sp³-hybridized carbons (Fsp3) is 0.154. The van der Waals surface area contributed by atoms with Crippen LogP contribution < -0.4 is 16.0 Å². The largest absolute Gasteiger partial charge is 0.507 e. The summed E-state index contributed by atoms with van der Waals surface area (Å²) < 4.78 is 16.2. The van der Waals surface area contributed by atoms with Gasteiger partial charge in [0.25, 0.3) is 0 Å². The second kappa shape index (κ2) is 9.08. The molecule has 2 N–H and O–H groups in total. The van der Waals surface area contributed by atoms with Crippen LogP contribution in [0.5, 0.6) is 17.2 Å². The second-order valence-electron chi connectivity index (χ2n) is 7.66. The van der Waals surface area contributed by atoms with Crippen molar-refractivity contribution >= 4 is 0 Å². The van der Waals surface area contributed by atoms with Gasteiger partial charge >= 0.3 is 11.3 Å². The molecule has 4 rings (SSSR count). The normalized spacial score (nSPS) is 11.0. The van der Waals surface area contributed by atoms with Crippen molar-refractivity contribution in [1.82, 2.24) is 0 Å². The minimum atomic E-state index is -1.12. The molecular weight excluding hydrogens is 424 g/mol. The van der Waals surface area contributed by atoms with Crippen molar-refractivity contribution in [2.24, 2.45) is 0 Å². The van der Waals surface area contributed by atoms with Crippen molar-refractivity contribution in [3.8, 4) is 17.2 Å². The lowest BCUT2D eigenvalue weighted by atomic mass is 9.85. The molecule has 0 amide bonds. The highest BCUT2D eigenvalue weighted by Crippen LogP contribution is 2.38. The molecule has 7 nitrogen and oxygen atoms in total. The zero-order valence-electron chi connectivity index (χ0n) is 18.1. The maximum absolute atomic E-state index is 12.7. The van der Waals surface area contributed by atoms with Crippen LogP contribution in [0.25, 0.3) is 0 Å². The molecule has 0 radical (unpaired) electrons. The van der Waals surface area contributed by atoms with Gasteiger partial charge in [-0.3, -0.25) is 0 Å². The Morgan fingerprint density at radius 1 is 0.788 bits per heavy atom. The predicted octanol–water partition coefficient (Wildman–Crippen LogP) is 4.38. The smallest absolute Gasteiger partial charge is 0.343 e. The molecule has 0 aliphatic carbocycles. The third-order valence-electron chi connectivity index (χ3n) is 5.22. The zero-order chi connectivity index (χ0) is 23.5. The molecule has 0 spiro atoms. The average molecular weight is 446 g/mol. The molecule has 0 saturated heterocycles. The van der Waals surface area contributed by atoms with Crippen molar-refractivity contribution in [3.63, 3.8) is 0 Å². The molecule has 7 heteroatoms. The number of hydrogen-bond donors (Lipinski definition) is 2. The number of aryl methyl sites for hydroxylation is 2. The number of hydrogen-bond acceptors (Lipinski definition) is 7. The van der Waals surface area contributed by atoms with E-state index >= 15 is 0 Å². The Morgan fingerprint density at radius 2 is 1.30 bits per heavy atom. The lowest BCUT2D eigenvalue weighted by molar-refractivity contribution is 0.306. The van der Waals surface area contributed by atoms with Crippen LogP contribution in [0.3, 0.4) is 0 Å². The number of rotatable bonds is 6. The highest BCUT2D eigenvalue weighted by molar-refractivity contribution is 5.51. The molecule has 0 atom stereocenters. The van der Waals surface area contributed by atoms with Gasteiger partial charge in [0.2, 0.25) is 0 Å². The molecule has 0 aliphatic rings. The molecule has 33 heavy (non-hydrogen) atoms. The van der Waals surface area contributed by atoms with Gasteiger partial charge in [-0.05, 0) is 37.1 Å². The summed E-state index contributed by atoms with van der Waals surface area (Å²) in [5.41, 5.74) is -0.527. The summed E-state index contributed by atoms with van der Waals surface area (Å²) in [5.74, 6) is -0.826. The fourth-order valence-corrected chi connectivity index (χ4v) is 3.72. The molecule has 0 saturated carbocycles. The lowest BCUT2D eigenvalue weighted by Gasteiger charge is -2.19. The molecule has 2 aromatic carbocycles. The van der Waals surface area contributed by atoms with E-state index in [9.17, 15) is 19.8 Å².